The number of nitrogens with zero attached hydrogens (tertiary/aromatic N) is 3. The SMILES string of the molecule is COc1ccc(NC(=O)Nc2ccc3c(c2)C(=O)N([C@H](C)CO)C[C@H](C)[C@@H](CN(C)C(=O)Nc2c(C)noc2C)OCCCC[C@H](C)O3)cc1. The summed E-state index contributed by atoms with van der Waals surface area (Å²) in [6, 6.07) is 10.5. The number of carbonyl (C=O) groups is 3. The number of amides is 5. The second-order valence-electron chi connectivity index (χ2n) is 12.8. The van der Waals surface area contributed by atoms with E-state index in [1.165, 1.54) is 4.90 Å². The molecule has 14 nitrogen and oxygen atoms in total. The summed E-state index contributed by atoms with van der Waals surface area (Å²) in [5.41, 5.74) is 2.30. The first-order chi connectivity index (χ1) is 23.9. The molecule has 50 heavy (non-hydrogen) atoms. The molecule has 4 atom stereocenters. The van der Waals surface area contributed by atoms with E-state index in [0.29, 0.717) is 46.6 Å². The number of hydrogen-bond acceptors (Lipinski definition) is 9. The van der Waals surface area contributed by atoms with E-state index >= 15 is 0 Å². The van der Waals surface area contributed by atoms with Crippen molar-refractivity contribution in [2.75, 3.05) is 56.4 Å². The number of likely N-dealkylation sites (N-methyl/N-ethyl adjacent to an activating group) is 1. The van der Waals surface area contributed by atoms with Crippen molar-refractivity contribution in [3.8, 4) is 11.5 Å². The van der Waals surface area contributed by atoms with Crippen LogP contribution in [-0.4, -0.2) is 96.7 Å². The molecular weight excluding hydrogens is 644 g/mol. The predicted octanol–water partition coefficient (Wildman–Crippen LogP) is 5.90. The van der Waals surface area contributed by atoms with E-state index in [0.717, 1.165) is 19.3 Å². The smallest absolute Gasteiger partial charge is 0.323 e. The lowest BCUT2D eigenvalue weighted by molar-refractivity contribution is -0.0115. The molecule has 0 bridgehead atoms. The second-order valence-corrected chi connectivity index (χ2v) is 12.8. The minimum atomic E-state index is -0.556. The first-order valence-electron chi connectivity index (χ1n) is 16.9. The Morgan fingerprint density at radius 1 is 1.08 bits per heavy atom. The highest BCUT2D eigenvalue weighted by atomic mass is 16.5. The van der Waals surface area contributed by atoms with Gasteiger partial charge in [0.05, 0.1) is 37.5 Å². The van der Waals surface area contributed by atoms with Gasteiger partial charge in [0.1, 0.15) is 22.9 Å². The lowest BCUT2D eigenvalue weighted by Gasteiger charge is -2.35. The molecular formula is C36H50N6O8. The first-order valence-corrected chi connectivity index (χ1v) is 16.9. The van der Waals surface area contributed by atoms with Crippen molar-refractivity contribution in [3.63, 3.8) is 0 Å². The summed E-state index contributed by atoms with van der Waals surface area (Å²) in [5.74, 6) is 0.931. The van der Waals surface area contributed by atoms with E-state index in [9.17, 15) is 19.5 Å². The average Bonchev–Trinajstić information content (AvgIpc) is 3.41. The molecule has 0 spiro atoms. The fourth-order valence-electron chi connectivity index (χ4n) is 5.65. The Labute approximate surface area is 293 Å². The topological polar surface area (TPSA) is 168 Å². The van der Waals surface area contributed by atoms with Gasteiger partial charge in [0, 0.05) is 44.0 Å². The maximum atomic E-state index is 14.4. The Morgan fingerprint density at radius 2 is 1.78 bits per heavy atom. The number of aryl methyl sites for hydroxylation is 2. The van der Waals surface area contributed by atoms with Crippen molar-refractivity contribution >= 4 is 35.0 Å². The molecule has 4 rings (SSSR count). The number of urea groups is 2. The van der Waals surface area contributed by atoms with Gasteiger partial charge >= 0.3 is 12.1 Å². The van der Waals surface area contributed by atoms with Crippen LogP contribution in [0.15, 0.2) is 47.0 Å². The van der Waals surface area contributed by atoms with Crippen LogP contribution in [0.2, 0.25) is 0 Å². The van der Waals surface area contributed by atoms with Crippen molar-refractivity contribution in [1.29, 1.82) is 0 Å². The Bertz CT molecular complexity index is 1580. The van der Waals surface area contributed by atoms with Crippen LogP contribution in [0, 0.1) is 19.8 Å². The van der Waals surface area contributed by atoms with Crippen LogP contribution in [0.5, 0.6) is 11.5 Å². The molecule has 0 radical (unpaired) electrons. The molecule has 4 N–H and O–H groups in total. The van der Waals surface area contributed by atoms with Gasteiger partial charge in [-0.2, -0.15) is 0 Å². The van der Waals surface area contributed by atoms with Crippen molar-refractivity contribution < 1.29 is 38.2 Å². The Balaban J connectivity index is 1.57. The molecule has 272 valence electrons. The number of methoxy groups -OCH3 is 1. The number of rotatable bonds is 8. The highest BCUT2D eigenvalue weighted by Gasteiger charge is 2.31. The zero-order valence-corrected chi connectivity index (χ0v) is 29.9. The lowest BCUT2D eigenvalue weighted by Crippen LogP contribution is -2.48. The van der Waals surface area contributed by atoms with E-state index in [1.807, 2.05) is 13.8 Å². The van der Waals surface area contributed by atoms with Gasteiger partial charge in [-0.3, -0.25) is 4.79 Å². The molecule has 1 aliphatic heterocycles. The van der Waals surface area contributed by atoms with E-state index in [4.69, 9.17) is 18.7 Å². The minimum Gasteiger partial charge on any atom is -0.497 e. The number of hydrogen-bond donors (Lipinski definition) is 4. The summed E-state index contributed by atoms with van der Waals surface area (Å²) in [7, 11) is 3.25. The molecule has 0 saturated heterocycles. The van der Waals surface area contributed by atoms with Gasteiger partial charge in [0.25, 0.3) is 5.91 Å². The number of anilines is 3. The Morgan fingerprint density at radius 3 is 2.44 bits per heavy atom. The summed E-state index contributed by atoms with van der Waals surface area (Å²) < 4.78 is 23.0. The molecule has 0 aliphatic carbocycles. The van der Waals surface area contributed by atoms with Gasteiger partial charge in [0.15, 0.2) is 5.76 Å². The first kappa shape index (κ1) is 38.0. The van der Waals surface area contributed by atoms with Crippen molar-refractivity contribution in [2.24, 2.45) is 5.92 Å². The van der Waals surface area contributed by atoms with Crippen molar-refractivity contribution in [2.45, 2.75) is 72.1 Å². The molecule has 2 heterocycles. The van der Waals surface area contributed by atoms with Gasteiger partial charge in [-0.05, 0) is 89.4 Å². The Kier molecular flexibility index (Phi) is 13.5. The van der Waals surface area contributed by atoms with Gasteiger partial charge in [-0.15, -0.1) is 0 Å². The van der Waals surface area contributed by atoms with Gasteiger partial charge in [0.2, 0.25) is 0 Å². The average molecular weight is 695 g/mol. The zero-order chi connectivity index (χ0) is 36.4. The van der Waals surface area contributed by atoms with E-state index in [-0.39, 0.29) is 49.2 Å². The highest BCUT2D eigenvalue weighted by Crippen LogP contribution is 2.29. The second kappa shape index (κ2) is 17.7. The zero-order valence-electron chi connectivity index (χ0n) is 29.9. The molecule has 14 heteroatoms. The number of nitrogens with one attached hydrogen (secondary N) is 3. The summed E-state index contributed by atoms with van der Waals surface area (Å²) in [6.07, 6.45) is 1.69. The number of carbonyl (C=O) groups excluding carboxylic acids is 3. The minimum absolute atomic E-state index is 0.209. The summed E-state index contributed by atoms with van der Waals surface area (Å²) in [5, 5.41) is 22.6. The molecule has 1 aromatic heterocycles. The quantitative estimate of drug-likeness (QED) is 0.224. The molecule has 0 unspecified atom stereocenters. The number of aliphatic hydroxyl groups is 1. The fraction of sp³-hybridized carbons (Fsp3) is 0.500. The van der Waals surface area contributed by atoms with E-state index in [1.54, 1.807) is 82.3 Å². The van der Waals surface area contributed by atoms with E-state index in [2.05, 4.69) is 21.1 Å². The summed E-state index contributed by atoms with van der Waals surface area (Å²) >= 11 is 0. The van der Waals surface area contributed by atoms with Gasteiger partial charge in [-0.1, -0.05) is 12.1 Å². The largest absolute Gasteiger partial charge is 0.497 e. The van der Waals surface area contributed by atoms with Crippen LogP contribution in [0.25, 0.3) is 0 Å². The van der Waals surface area contributed by atoms with Crippen molar-refractivity contribution in [3.05, 3.63) is 59.5 Å². The molecule has 0 fully saturated rings. The normalized spacial score (nSPS) is 19.3. The molecule has 1 aliphatic rings. The van der Waals surface area contributed by atoms with Crippen LogP contribution in [0.3, 0.4) is 0 Å². The number of aliphatic hydroxyl groups excluding tert-OH is 1. The van der Waals surface area contributed by atoms with Crippen LogP contribution >= 0.6 is 0 Å². The number of ether oxygens (including phenoxy) is 3. The fourth-order valence-corrected chi connectivity index (χ4v) is 5.65. The predicted molar refractivity (Wildman–Crippen MR) is 190 cm³/mol. The molecule has 2 aromatic carbocycles. The monoisotopic (exact) mass is 694 g/mol. The number of aromatic nitrogens is 1. The number of fused-ring (bicyclic) bond motifs is 1. The molecule has 5 amide bonds. The summed E-state index contributed by atoms with van der Waals surface area (Å²) in [4.78, 5) is 43.6. The van der Waals surface area contributed by atoms with Crippen LogP contribution in [-0.2, 0) is 4.74 Å². The number of benzene rings is 2. The van der Waals surface area contributed by atoms with Crippen LogP contribution < -0.4 is 25.4 Å². The van der Waals surface area contributed by atoms with Crippen LogP contribution in [0.1, 0.15) is 61.8 Å². The molecule has 0 saturated carbocycles. The third kappa shape index (κ3) is 10.1. The Hall–Kier alpha value is -4.82. The molecule has 3 aromatic rings. The van der Waals surface area contributed by atoms with Gasteiger partial charge in [-0.25, -0.2) is 9.59 Å². The third-order valence-electron chi connectivity index (χ3n) is 8.72. The van der Waals surface area contributed by atoms with Gasteiger partial charge < -0.3 is 49.6 Å². The maximum Gasteiger partial charge on any atom is 0.323 e. The maximum absolute atomic E-state index is 14.4. The van der Waals surface area contributed by atoms with E-state index < -0.39 is 18.2 Å². The third-order valence-corrected chi connectivity index (χ3v) is 8.72. The standard InChI is InChI=1S/C36H50N6O8/c1-22-19-42(23(2)21-43)34(44)30-18-28(38-35(45)37-27-11-14-29(47-7)15-12-27)13-16-31(30)49-24(3)10-8-9-17-48-32(22)20-41(6)36(46)39-33-25(4)40-50-26(33)5/h11-16,18,22-24,32,43H,8-10,17,19-21H2,1-7H3,(H,39,46)(H2,37,38,45)/t22-,23+,24-,32+/m0/s1. The van der Waals surface area contributed by atoms with Crippen LogP contribution in [0.4, 0.5) is 26.7 Å². The lowest BCUT2D eigenvalue weighted by atomic mass is 10.0. The highest BCUT2D eigenvalue weighted by molar-refractivity contribution is 6.02. The summed E-state index contributed by atoms with van der Waals surface area (Å²) in [6.45, 7) is 9.81. The van der Waals surface area contributed by atoms with Crippen molar-refractivity contribution in [1.82, 2.24) is 15.0 Å².